The van der Waals surface area contributed by atoms with Gasteiger partial charge in [-0.2, -0.15) is 0 Å². The first-order chi connectivity index (χ1) is 15.3. The van der Waals surface area contributed by atoms with Crippen molar-refractivity contribution < 1.29 is 22.3 Å². The molecule has 2 fully saturated rings. The monoisotopic (exact) mass is 463 g/mol. The van der Waals surface area contributed by atoms with Gasteiger partial charge in [0.2, 0.25) is 11.8 Å². The van der Waals surface area contributed by atoms with Crippen LogP contribution in [0.2, 0.25) is 0 Å². The summed E-state index contributed by atoms with van der Waals surface area (Å²) < 4.78 is 49.4. The van der Waals surface area contributed by atoms with Crippen molar-refractivity contribution >= 4 is 9.84 Å². The SMILES string of the molecule is Cc1c(Oc2ccc(S(C)(=O)=O)cc2F)ncnc1OC1CCN(C2CCCCC2)CC1. The van der Waals surface area contributed by atoms with Crippen molar-refractivity contribution in [3.63, 3.8) is 0 Å². The normalized spacial score (nSPS) is 19.1. The van der Waals surface area contributed by atoms with Gasteiger partial charge in [0.05, 0.1) is 10.5 Å². The van der Waals surface area contributed by atoms with Crippen molar-refractivity contribution in [1.82, 2.24) is 14.9 Å². The molecule has 0 radical (unpaired) electrons. The lowest BCUT2D eigenvalue weighted by molar-refractivity contribution is 0.0602. The minimum Gasteiger partial charge on any atom is -0.474 e. The van der Waals surface area contributed by atoms with Crippen molar-refractivity contribution in [2.24, 2.45) is 0 Å². The van der Waals surface area contributed by atoms with Crippen molar-refractivity contribution in [3.05, 3.63) is 35.9 Å². The van der Waals surface area contributed by atoms with Gasteiger partial charge >= 0.3 is 0 Å². The topological polar surface area (TPSA) is 81.6 Å². The van der Waals surface area contributed by atoms with Crippen LogP contribution in [0.25, 0.3) is 0 Å². The molecule has 7 nitrogen and oxygen atoms in total. The minimum absolute atomic E-state index is 0.0714. The van der Waals surface area contributed by atoms with Crippen molar-refractivity contribution in [1.29, 1.82) is 0 Å². The number of piperidine rings is 1. The molecule has 1 aromatic heterocycles. The largest absolute Gasteiger partial charge is 0.474 e. The van der Waals surface area contributed by atoms with E-state index in [0.29, 0.717) is 11.4 Å². The van der Waals surface area contributed by atoms with Crippen LogP contribution in [0.1, 0.15) is 50.5 Å². The van der Waals surface area contributed by atoms with Gasteiger partial charge in [-0.3, -0.25) is 0 Å². The average Bonchev–Trinajstić information content (AvgIpc) is 2.78. The first kappa shape index (κ1) is 22.9. The predicted octanol–water partition coefficient (Wildman–Crippen LogP) is 4.30. The Labute approximate surface area is 188 Å². The van der Waals surface area contributed by atoms with Gasteiger partial charge < -0.3 is 14.4 Å². The molecule has 0 bridgehead atoms. The number of aromatic nitrogens is 2. The van der Waals surface area contributed by atoms with E-state index in [4.69, 9.17) is 9.47 Å². The molecule has 1 aromatic carbocycles. The third-order valence-corrected chi connectivity index (χ3v) is 7.49. The summed E-state index contributed by atoms with van der Waals surface area (Å²) in [6, 6.07) is 4.25. The van der Waals surface area contributed by atoms with Gasteiger partial charge in [0.1, 0.15) is 12.4 Å². The molecule has 0 amide bonds. The van der Waals surface area contributed by atoms with E-state index in [0.717, 1.165) is 44.3 Å². The lowest BCUT2D eigenvalue weighted by atomic mass is 9.92. The van der Waals surface area contributed by atoms with Gasteiger partial charge in [-0.15, -0.1) is 0 Å². The Morgan fingerprint density at radius 3 is 2.38 bits per heavy atom. The number of likely N-dealkylation sites (tertiary alicyclic amines) is 1. The van der Waals surface area contributed by atoms with E-state index in [1.165, 1.54) is 50.6 Å². The van der Waals surface area contributed by atoms with Crippen LogP contribution in [0.4, 0.5) is 4.39 Å². The van der Waals surface area contributed by atoms with E-state index < -0.39 is 15.7 Å². The van der Waals surface area contributed by atoms with Gasteiger partial charge in [-0.1, -0.05) is 19.3 Å². The molecular formula is C23H30FN3O4S. The number of halogens is 1. The zero-order chi connectivity index (χ0) is 22.7. The van der Waals surface area contributed by atoms with Gasteiger partial charge in [0, 0.05) is 25.4 Å². The molecule has 174 valence electrons. The van der Waals surface area contributed by atoms with Crippen LogP contribution in [-0.4, -0.2) is 54.8 Å². The fraction of sp³-hybridized carbons (Fsp3) is 0.565. The molecule has 1 saturated carbocycles. The number of benzene rings is 1. The molecule has 4 rings (SSSR count). The summed E-state index contributed by atoms with van der Waals surface area (Å²) in [5.41, 5.74) is 0.578. The van der Waals surface area contributed by atoms with Gasteiger partial charge in [0.15, 0.2) is 21.4 Å². The van der Waals surface area contributed by atoms with Crippen LogP contribution >= 0.6 is 0 Å². The van der Waals surface area contributed by atoms with Crippen molar-refractivity contribution in [2.75, 3.05) is 19.3 Å². The summed E-state index contributed by atoms with van der Waals surface area (Å²) in [6.07, 6.45) is 11.0. The summed E-state index contributed by atoms with van der Waals surface area (Å²) in [5.74, 6) is -0.269. The maximum atomic E-state index is 14.4. The zero-order valence-electron chi connectivity index (χ0n) is 18.6. The highest BCUT2D eigenvalue weighted by atomic mass is 32.2. The molecule has 0 N–H and O–H groups in total. The highest BCUT2D eigenvalue weighted by Gasteiger charge is 2.28. The van der Waals surface area contributed by atoms with E-state index in [1.807, 2.05) is 0 Å². The Kier molecular flexibility index (Phi) is 6.95. The third kappa shape index (κ3) is 5.38. The van der Waals surface area contributed by atoms with E-state index in [9.17, 15) is 12.8 Å². The molecule has 2 aliphatic rings. The Bertz CT molecular complexity index is 1050. The molecule has 2 aromatic rings. The quantitative estimate of drug-likeness (QED) is 0.632. The van der Waals surface area contributed by atoms with E-state index in [-0.39, 0.29) is 22.6 Å². The van der Waals surface area contributed by atoms with Gasteiger partial charge in [-0.05, 0) is 50.8 Å². The van der Waals surface area contributed by atoms with E-state index >= 15 is 0 Å². The molecule has 1 saturated heterocycles. The molecular weight excluding hydrogens is 433 g/mol. The molecule has 1 aliphatic heterocycles. The fourth-order valence-corrected chi connectivity index (χ4v) is 5.14. The highest BCUT2D eigenvalue weighted by Crippen LogP contribution is 2.32. The second-order valence-electron chi connectivity index (χ2n) is 8.72. The number of ether oxygens (including phenoxy) is 2. The summed E-state index contributed by atoms with van der Waals surface area (Å²) in [4.78, 5) is 10.9. The maximum Gasteiger partial charge on any atom is 0.229 e. The zero-order valence-corrected chi connectivity index (χ0v) is 19.4. The number of nitrogens with zero attached hydrogens (tertiary/aromatic N) is 3. The second-order valence-corrected chi connectivity index (χ2v) is 10.7. The average molecular weight is 464 g/mol. The molecule has 0 unspecified atom stereocenters. The fourth-order valence-electron chi connectivity index (χ4n) is 4.50. The number of rotatable bonds is 6. The van der Waals surface area contributed by atoms with Crippen LogP contribution in [0.15, 0.2) is 29.4 Å². The lowest BCUT2D eigenvalue weighted by Crippen LogP contribution is -2.44. The summed E-state index contributed by atoms with van der Waals surface area (Å²) >= 11 is 0. The molecule has 9 heteroatoms. The number of hydrogen-bond donors (Lipinski definition) is 0. The Morgan fingerprint density at radius 1 is 1.03 bits per heavy atom. The van der Waals surface area contributed by atoms with Crippen molar-refractivity contribution in [2.45, 2.75) is 68.9 Å². The number of sulfone groups is 1. The second kappa shape index (κ2) is 9.70. The van der Waals surface area contributed by atoms with E-state index in [2.05, 4.69) is 14.9 Å². The third-order valence-electron chi connectivity index (χ3n) is 6.38. The Balaban J connectivity index is 1.40. The molecule has 32 heavy (non-hydrogen) atoms. The smallest absolute Gasteiger partial charge is 0.229 e. The first-order valence-corrected chi connectivity index (χ1v) is 13.1. The van der Waals surface area contributed by atoms with Gasteiger partial charge in [-0.25, -0.2) is 22.8 Å². The predicted molar refractivity (Wildman–Crippen MR) is 118 cm³/mol. The molecule has 0 atom stereocenters. The van der Waals surface area contributed by atoms with Crippen LogP contribution in [-0.2, 0) is 9.84 Å². The molecule has 0 spiro atoms. The Morgan fingerprint density at radius 2 is 1.72 bits per heavy atom. The standard InChI is InChI=1S/C23H30FN3O4S/c1-16-22(30-18-10-12-27(13-11-18)17-6-4-3-5-7-17)25-15-26-23(16)31-21-9-8-19(14-20(21)24)32(2,28)29/h8-9,14-15,17-18H,3-7,10-13H2,1-2H3. The Hall–Kier alpha value is -2.26. The van der Waals surface area contributed by atoms with Gasteiger partial charge in [0.25, 0.3) is 0 Å². The summed E-state index contributed by atoms with van der Waals surface area (Å²) in [7, 11) is -3.50. The summed E-state index contributed by atoms with van der Waals surface area (Å²) in [5, 5.41) is 0. The summed E-state index contributed by atoms with van der Waals surface area (Å²) in [6.45, 7) is 3.83. The van der Waals surface area contributed by atoms with Crippen LogP contribution < -0.4 is 9.47 Å². The molecule has 1 aliphatic carbocycles. The van der Waals surface area contributed by atoms with Crippen LogP contribution in [0, 0.1) is 12.7 Å². The number of hydrogen-bond acceptors (Lipinski definition) is 7. The molecule has 2 heterocycles. The minimum atomic E-state index is -3.50. The van der Waals surface area contributed by atoms with Crippen LogP contribution in [0.5, 0.6) is 17.5 Å². The lowest BCUT2D eigenvalue weighted by Gasteiger charge is -2.39. The van der Waals surface area contributed by atoms with Crippen LogP contribution in [0.3, 0.4) is 0 Å². The first-order valence-electron chi connectivity index (χ1n) is 11.2. The van der Waals surface area contributed by atoms with Crippen molar-refractivity contribution in [3.8, 4) is 17.5 Å². The van der Waals surface area contributed by atoms with E-state index in [1.54, 1.807) is 6.92 Å². The highest BCUT2D eigenvalue weighted by molar-refractivity contribution is 7.90. The maximum absolute atomic E-state index is 14.4.